The first-order valence-corrected chi connectivity index (χ1v) is 4.44. The number of rotatable bonds is 3. The number of halogens is 1. The van der Waals surface area contributed by atoms with E-state index in [2.05, 4.69) is 15.3 Å². The summed E-state index contributed by atoms with van der Waals surface area (Å²) >= 11 is 5.79. The van der Waals surface area contributed by atoms with Crippen LogP contribution in [0.1, 0.15) is 12.8 Å². The van der Waals surface area contributed by atoms with Gasteiger partial charge in [0.25, 0.3) is 0 Å². The Morgan fingerprint density at radius 1 is 1.42 bits per heavy atom. The van der Waals surface area contributed by atoms with Gasteiger partial charge in [0.05, 0.1) is 0 Å². The van der Waals surface area contributed by atoms with Gasteiger partial charge in [0.1, 0.15) is 0 Å². The molecule has 2 rings (SSSR count). The Kier molecular flexibility index (Phi) is 2.13. The maximum absolute atomic E-state index is 5.79. The van der Waals surface area contributed by atoms with Crippen molar-refractivity contribution in [3.8, 4) is 0 Å². The normalized spacial score (nSPS) is 16.1. The maximum atomic E-state index is 5.79. The van der Waals surface area contributed by atoms with E-state index in [1.807, 2.05) is 0 Å². The summed E-state index contributed by atoms with van der Waals surface area (Å²) in [4.78, 5) is 7.99. The molecule has 1 fully saturated rings. The fourth-order valence-electron chi connectivity index (χ4n) is 1.00. The van der Waals surface area contributed by atoms with E-state index in [0.29, 0.717) is 11.0 Å². The molecule has 0 spiro atoms. The highest BCUT2D eigenvalue weighted by Gasteiger charge is 2.21. The van der Waals surface area contributed by atoms with Crippen LogP contribution in [0, 0.1) is 5.92 Å². The molecule has 0 bridgehead atoms. The van der Waals surface area contributed by atoms with Gasteiger partial charge in [-0.05, 0) is 18.8 Å². The minimum Gasteiger partial charge on any atom is -0.367 e. The van der Waals surface area contributed by atoms with Crippen molar-refractivity contribution in [1.29, 1.82) is 0 Å². The Balaban J connectivity index is 1.96. The topological polar surface area (TPSA) is 37.8 Å². The molecule has 64 valence electrons. The van der Waals surface area contributed by atoms with E-state index < -0.39 is 0 Å². The molecule has 12 heavy (non-hydrogen) atoms. The third-order valence-corrected chi connectivity index (χ3v) is 2.19. The molecule has 1 saturated carbocycles. The smallest absolute Gasteiger partial charge is 0.171 e. The number of hydrogen-bond donors (Lipinski definition) is 1. The Hall–Kier alpha value is -0.830. The van der Waals surface area contributed by atoms with Gasteiger partial charge in [-0.3, -0.25) is 0 Å². The molecule has 1 aliphatic carbocycles. The molecule has 0 aliphatic heterocycles. The number of nitrogens with one attached hydrogen (secondary N) is 1. The van der Waals surface area contributed by atoms with Crippen molar-refractivity contribution in [1.82, 2.24) is 9.97 Å². The molecule has 1 aromatic heterocycles. The van der Waals surface area contributed by atoms with Gasteiger partial charge < -0.3 is 5.32 Å². The summed E-state index contributed by atoms with van der Waals surface area (Å²) in [6.07, 6.45) is 5.88. The molecule has 0 radical (unpaired) electrons. The molecule has 1 N–H and O–H groups in total. The zero-order valence-electron chi connectivity index (χ0n) is 6.63. The number of anilines is 1. The number of hydrogen-bond acceptors (Lipinski definition) is 3. The number of nitrogens with zero attached hydrogens (tertiary/aromatic N) is 2. The van der Waals surface area contributed by atoms with Gasteiger partial charge in [-0.2, -0.15) is 0 Å². The lowest BCUT2D eigenvalue weighted by Crippen LogP contribution is -2.05. The van der Waals surface area contributed by atoms with E-state index in [4.69, 9.17) is 11.6 Å². The largest absolute Gasteiger partial charge is 0.367 e. The van der Waals surface area contributed by atoms with Gasteiger partial charge in [-0.1, -0.05) is 11.6 Å². The third kappa shape index (κ3) is 1.85. The zero-order valence-corrected chi connectivity index (χ0v) is 7.38. The van der Waals surface area contributed by atoms with Gasteiger partial charge in [-0.25, -0.2) is 9.97 Å². The van der Waals surface area contributed by atoms with Crippen LogP contribution in [0.2, 0.25) is 5.15 Å². The van der Waals surface area contributed by atoms with Crippen molar-refractivity contribution in [2.24, 2.45) is 5.92 Å². The molecular weight excluding hydrogens is 174 g/mol. The van der Waals surface area contributed by atoms with Crippen molar-refractivity contribution in [3.63, 3.8) is 0 Å². The molecule has 1 aliphatic rings. The van der Waals surface area contributed by atoms with E-state index in [0.717, 1.165) is 12.5 Å². The quantitative estimate of drug-likeness (QED) is 0.779. The fraction of sp³-hybridized carbons (Fsp3) is 0.500. The molecular formula is C8H10ClN3. The first kappa shape index (κ1) is 7.80. The second-order valence-electron chi connectivity index (χ2n) is 3.02. The average Bonchev–Trinajstić information content (AvgIpc) is 2.86. The molecule has 0 atom stereocenters. The summed E-state index contributed by atoms with van der Waals surface area (Å²) in [6.45, 7) is 0.971. The van der Waals surface area contributed by atoms with E-state index in [1.165, 1.54) is 12.8 Å². The van der Waals surface area contributed by atoms with Gasteiger partial charge in [-0.15, -0.1) is 0 Å². The lowest BCUT2D eigenvalue weighted by atomic mass is 10.4. The monoisotopic (exact) mass is 183 g/mol. The van der Waals surface area contributed by atoms with E-state index in [-0.39, 0.29) is 0 Å². The number of aromatic nitrogens is 2. The van der Waals surface area contributed by atoms with Crippen molar-refractivity contribution in [3.05, 3.63) is 17.5 Å². The summed E-state index contributed by atoms with van der Waals surface area (Å²) in [7, 11) is 0. The van der Waals surface area contributed by atoms with Crippen LogP contribution in [0.15, 0.2) is 12.4 Å². The van der Waals surface area contributed by atoms with E-state index in [1.54, 1.807) is 12.4 Å². The maximum Gasteiger partial charge on any atom is 0.171 e. The highest BCUT2D eigenvalue weighted by molar-refractivity contribution is 6.31. The van der Waals surface area contributed by atoms with Crippen LogP contribution in [0.25, 0.3) is 0 Å². The summed E-state index contributed by atoms with van der Waals surface area (Å²) < 4.78 is 0. The average molecular weight is 184 g/mol. The van der Waals surface area contributed by atoms with Crippen LogP contribution in [-0.4, -0.2) is 16.5 Å². The van der Waals surface area contributed by atoms with Crippen LogP contribution in [0.3, 0.4) is 0 Å². The SMILES string of the molecule is Clc1nccnc1NCC1CC1. The second-order valence-corrected chi connectivity index (χ2v) is 3.38. The van der Waals surface area contributed by atoms with Crippen LogP contribution < -0.4 is 5.32 Å². The van der Waals surface area contributed by atoms with Gasteiger partial charge in [0.15, 0.2) is 11.0 Å². The van der Waals surface area contributed by atoms with Crippen LogP contribution in [-0.2, 0) is 0 Å². The molecule has 0 amide bonds. The van der Waals surface area contributed by atoms with Crippen LogP contribution in [0.4, 0.5) is 5.82 Å². The minimum atomic E-state index is 0.457. The van der Waals surface area contributed by atoms with Crippen LogP contribution in [0.5, 0.6) is 0 Å². The Labute approximate surface area is 76.2 Å². The summed E-state index contributed by atoms with van der Waals surface area (Å²) in [6, 6.07) is 0. The van der Waals surface area contributed by atoms with Crippen LogP contribution >= 0.6 is 11.6 Å². The second kappa shape index (κ2) is 3.27. The minimum absolute atomic E-state index is 0.457. The van der Waals surface area contributed by atoms with E-state index >= 15 is 0 Å². The highest BCUT2D eigenvalue weighted by Crippen LogP contribution is 2.29. The molecule has 1 heterocycles. The Bertz CT molecular complexity index is 273. The molecule has 0 aromatic carbocycles. The van der Waals surface area contributed by atoms with Crippen molar-refractivity contribution < 1.29 is 0 Å². The summed E-state index contributed by atoms with van der Waals surface area (Å²) in [5.41, 5.74) is 0. The highest BCUT2D eigenvalue weighted by atomic mass is 35.5. The Morgan fingerprint density at radius 3 is 2.83 bits per heavy atom. The van der Waals surface area contributed by atoms with Crippen molar-refractivity contribution >= 4 is 17.4 Å². The standard InChI is InChI=1S/C8H10ClN3/c9-7-8(11-4-3-10-7)12-5-6-1-2-6/h3-4,6H,1-2,5H2,(H,11,12). The first-order valence-electron chi connectivity index (χ1n) is 4.06. The Morgan fingerprint density at radius 2 is 2.17 bits per heavy atom. The molecule has 3 nitrogen and oxygen atoms in total. The van der Waals surface area contributed by atoms with Crippen molar-refractivity contribution in [2.75, 3.05) is 11.9 Å². The lowest BCUT2D eigenvalue weighted by Gasteiger charge is -2.03. The van der Waals surface area contributed by atoms with Crippen molar-refractivity contribution in [2.45, 2.75) is 12.8 Å². The predicted octanol–water partition coefficient (Wildman–Crippen LogP) is 1.95. The van der Waals surface area contributed by atoms with E-state index in [9.17, 15) is 0 Å². The third-order valence-electron chi connectivity index (χ3n) is 1.91. The molecule has 1 aromatic rings. The predicted molar refractivity (Wildman–Crippen MR) is 48.3 cm³/mol. The zero-order chi connectivity index (χ0) is 8.39. The molecule has 0 saturated heterocycles. The molecule has 4 heteroatoms. The lowest BCUT2D eigenvalue weighted by molar-refractivity contribution is 0.881. The first-order chi connectivity index (χ1) is 5.86. The summed E-state index contributed by atoms with van der Waals surface area (Å²) in [5, 5.41) is 3.63. The van der Waals surface area contributed by atoms with Gasteiger partial charge in [0, 0.05) is 18.9 Å². The van der Waals surface area contributed by atoms with Gasteiger partial charge >= 0.3 is 0 Å². The van der Waals surface area contributed by atoms with Gasteiger partial charge in [0.2, 0.25) is 0 Å². The molecule has 0 unspecified atom stereocenters. The fourth-order valence-corrected chi connectivity index (χ4v) is 1.17. The summed E-state index contributed by atoms with van der Waals surface area (Å²) in [5.74, 6) is 1.52.